The Morgan fingerprint density at radius 2 is 2.04 bits per heavy atom. The minimum absolute atomic E-state index is 0.0441. The maximum absolute atomic E-state index is 12.3. The molecule has 0 radical (unpaired) electrons. The average Bonchev–Trinajstić information content (AvgIpc) is 3.06. The van der Waals surface area contributed by atoms with Gasteiger partial charge in [0, 0.05) is 32.2 Å². The van der Waals surface area contributed by atoms with Crippen LogP contribution in [0.1, 0.15) is 40.5 Å². The van der Waals surface area contributed by atoms with E-state index < -0.39 is 0 Å². The molecule has 0 aliphatic carbocycles. The second-order valence-electron chi connectivity index (χ2n) is 6.25. The monoisotopic (exact) mass is 317 g/mol. The van der Waals surface area contributed by atoms with Crippen LogP contribution in [0.15, 0.2) is 16.7 Å². The molecule has 3 heterocycles. The van der Waals surface area contributed by atoms with Crippen molar-refractivity contribution in [1.82, 2.24) is 25.2 Å². The Balaban J connectivity index is 1.49. The molecular formula is C16H23N5O2. The Morgan fingerprint density at radius 3 is 2.61 bits per heavy atom. The van der Waals surface area contributed by atoms with Gasteiger partial charge in [-0.3, -0.25) is 14.4 Å². The summed E-state index contributed by atoms with van der Waals surface area (Å²) in [4.78, 5) is 14.6. The van der Waals surface area contributed by atoms with Crippen molar-refractivity contribution in [3.05, 3.63) is 35.0 Å². The highest BCUT2D eigenvalue weighted by atomic mass is 16.5. The molecule has 3 rings (SSSR count). The van der Waals surface area contributed by atoms with Gasteiger partial charge >= 0.3 is 0 Å². The fraction of sp³-hybridized carbons (Fsp3) is 0.562. The molecule has 124 valence electrons. The van der Waals surface area contributed by atoms with Gasteiger partial charge in [0.25, 0.3) is 5.91 Å². The Morgan fingerprint density at radius 1 is 1.30 bits per heavy atom. The summed E-state index contributed by atoms with van der Waals surface area (Å²) in [5.41, 5.74) is 2.38. The van der Waals surface area contributed by atoms with Gasteiger partial charge in [0.15, 0.2) is 5.76 Å². The van der Waals surface area contributed by atoms with Crippen LogP contribution in [0.5, 0.6) is 0 Å². The Bertz CT molecular complexity index is 682. The first kappa shape index (κ1) is 15.7. The lowest BCUT2D eigenvalue weighted by Crippen LogP contribution is -2.44. The largest absolute Gasteiger partial charge is 0.360 e. The number of aryl methyl sites for hydroxylation is 3. The van der Waals surface area contributed by atoms with Crippen LogP contribution in [0.25, 0.3) is 0 Å². The number of carbonyl (C=O) groups excluding carboxylic acids is 1. The van der Waals surface area contributed by atoms with E-state index in [1.165, 1.54) is 0 Å². The molecule has 1 fully saturated rings. The minimum atomic E-state index is -0.0441. The highest BCUT2D eigenvalue weighted by Crippen LogP contribution is 2.15. The van der Waals surface area contributed by atoms with Crippen LogP contribution in [0.2, 0.25) is 0 Å². The predicted octanol–water partition coefficient (Wildman–Crippen LogP) is 1.42. The standard InChI is InChI=1S/C16H23N5O2/c1-11-9-15(20(3)18-11)16(22)17-13-4-6-21(7-5-13)10-14-8-12(2)19-23-14/h8-9,13H,4-7,10H2,1-3H3,(H,17,22). The van der Waals surface area contributed by atoms with Gasteiger partial charge < -0.3 is 9.84 Å². The number of hydrogen-bond acceptors (Lipinski definition) is 5. The van der Waals surface area contributed by atoms with Crippen molar-refractivity contribution in [3.63, 3.8) is 0 Å². The summed E-state index contributed by atoms with van der Waals surface area (Å²) in [5, 5.41) is 11.2. The predicted molar refractivity (Wildman–Crippen MR) is 85.0 cm³/mol. The molecule has 1 aliphatic rings. The molecule has 7 heteroatoms. The summed E-state index contributed by atoms with van der Waals surface area (Å²) in [6.45, 7) is 6.47. The second kappa shape index (κ2) is 6.54. The van der Waals surface area contributed by atoms with Crippen LogP contribution in [0.4, 0.5) is 0 Å². The van der Waals surface area contributed by atoms with Crippen molar-refractivity contribution in [2.24, 2.45) is 7.05 Å². The fourth-order valence-corrected chi connectivity index (χ4v) is 3.03. The minimum Gasteiger partial charge on any atom is -0.360 e. The summed E-state index contributed by atoms with van der Waals surface area (Å²) in [6, 6.07) is 4.00. The third-order valence-corrected chi connectivity index (χ3v) is 4.21. The van der Waals surface area contributed by atoms with E-state index in [2.05, 4.69) is 20.5 Å². The number of rotatable bonds is 4. The van der Waals surface area contributed by atoms with E-state index in [1.54, 1.807) is 11.7 Å². The third-order valence-electron chi connectivity index (χ3n) is 4.21. The SMILES string of the molecule is Cc1cc(CN2CCC(NC(=O)c3cc(C)nn3C)CC2)on1. The zero-order valence-electron chi connectivity index (χ0n) is 13.9. The molecule has 0 unspecified atom stereocenters. The smallest absolute Gasteiger partial charge is 0.269 e. The molecule has 0 atom stereocenters. The average molecular weight is 317 g/mol. The van der Waals surface area contributed by atoms with E-state index in [0.717, 1.165) is 49.6 Å². The number of likely N-dealkylation sites (tertiary alicyclic amines) is 1. The van der Waals surface area contributed by atoms with Crippen LogP contribution >= 0.6 is 0 Å². The van der Waals surface area contributed by atoms with Gasteiger partial charge in [-0.2, -0.15) is 5.10 Å². The first-order chi connectivity index (χ1) is 11.0. The fourth-order valence-electron chi connectivity index (χ4n) is 3.03. The molecule has 0 bridgehead atoms. The third kappa shape index (κ3) is 3.79. The van der Waals surface area contributed by atoms with Crippen molar-refractivity contribution >= 4 is 5.91 Å². The van der Waals surface area contributed by atoms with Crippen molar-refractivity contribution in [3.8, 4) is 0 Å². The van der Waals surface area contributed by atoms with Gasteiger partial charge in [-0.25, -0.2) is 0 Å². The van der Waals surface area contributed by atoms with Crippen molar-refractivity contribution in [1.29, 1.82) is 0 Å². The van der Waals surface area contributed by atoms with Gasteiger partial charge in [0.1, 0.15) is 5.69 Å². The van der Waals surface area contributed by atoms with Crippen LogP contribution in [-0.2, 0) is 13.6 Å². The lowest BCUT2D eigenvalue weighted by Gasteiger charge is -2.31. The van der Waals surface area contributed by atoms with Crippen molar-refractivity contribution in [2.75, 3.05) is 13.1 Å². The number of nitrogens with one attached hydrogen (secondary N) is 1. The molecule has 0 saturated carbocycles. The first-order valence-corrected chi connectivity index (χ1v) is 7.97. The van der Waals surface area contributed by atoms with Gasteiger partial charge in [-0.05, 0) is 32.8 Å². The molecule has 7 nitrogen and oxygen atoms in total. The number of hydrogen-bond donors (Lipinski definition) is 1. The summed E-state index contributed by atoms with van der Waals surface area (Å²) in [6.07, 6.45) is 1.88. The molecule has 2 aromatic heterocycles. The summed E-state index contributed by atoms with van der Waals surface area (Å²) in [5.74, 6) is 0.854. The Hall–Kier alpha value is -2.15. The van der Waals surface area contributed by atoms with E-state index >= 15 is 0 Å². The topological polar surface area (TPSA) is 76.2 Å². The van der Waals surface area contributed by atoms with Gasteiger partial charge in [-0.1, -0.05) is 5.16 Å². The van der Waals surface area contributed by atoms with E-state index in [0.29, 0.717) is 5.69 Å². The molecule has 2 aromatic rings. The van der Waals surface area contributed by atoms with Crippen LogP contribution in [-0.4, -0.2) is 44.9 Å². The normalized spacial score (nSPS) is 16.7. The van der Waals surface area contributed by atoms with Gasteiger partial charge in [-0.15, -0.1) is 0 Å². The van der Waals surface area contributed by atoms with E-state index in [-0.39, 0.29) is 11.9 Å². The summed E-state index contributed by atoms with van der Waals surface area (Å²) >= 11 is 0. The number of aromatic nitrogens is 3. The lowest BCUT2D eigenvalue weighted by molar-refractivity contribution is 0.0896. The zero-order valence-corrected chi connectivity index (χ0v) is 13.9. The van der Waals surface area contributed by atoms with Crippen LogP contribution in [0.3, 0.4) is 0 Å². The van der Waals surface area contributed by atoms with Gasteiger partial charge in [0.2, 0.25) is 0 Å². The Labute approximate surface area is 135 Å². The molecular weight excluding hydrogens is 294 g/mol. The first-order valence-electron chi connectivity index (χ1n) is 7.97. The highest BCUT2D eigenvalue weighted by molar-refractivity contribution is 5.92. The molecule has 0 spiro atoms. The maximum atomic E-state index is 12.3. The summed E-state index contributed by atoms with van der Waals surface area (Å²) in [7, 11) is 1.80. The number of carbonyl (C=O) groups is 1. The second-order valence-corrected chi connectivity index (χ2v) is 6.25. The maximum Gasteiger partial charge on any atom is 0.269 e. The molecule has 0 aromatic carbocycles. The van der Waals surface area contributed by atoms with Crippen molar-refractivity contribution in [2.45, 2.75) is 39.3 Å². The van der Waals surface area contributed by atoms with Crippen LogP contribution < -0.4 is 5.32 Å². The molecule has 1 amide bonds. The zero-order chi connectivity index (χ0) is 16.4. The molecule has 1 saturated heterocycles. The highest BCUT2D eigenvalue weighted by Gasteiger charge is 2.23. The quantitative estimate of drug-likeness (QED) is 0.923. The van der Waals surface area contributed by atoms with Crippen molar-refractivity contribution < 1.29 is 9.32 Å². The van der Waals surface area contributed by atoms with E-state index in [1.807, 2.05) is 26.0 Å². The summed E-state index contributed by atoms with van der Waals surface area (Å²) < 4.78 is 6.89. The van der Waals surface area contributed by atoms with Crippen LogP contribution in [0, 0.1) is 13.8 Å². The van der Waals surface area contributed by atoms with E-state index in [9.17, 15) is 4.79 Å². The molecule has 23 heavy (non-hydrogen) atoms. The Kier molecular flexibility index (Phi) is 4.47. The van der Waals surface area contributed by atoms with E-state index in [4.69, 9.17) is 4.52 Å². The number of nitrogens with zero attached hydrogens (tertiary/aromatic N) is 4. The number of amides is 1. The lowest BCUT2D eigenvalue weighted by atomic mass is 10.0. The van der Waals surface area contributed by atoms with Gasteiger partial charge in [0.05, 0.1) is 17.9 Å². The molecule has 1 N–H and O–H groups in total. The number of piperidine rings is 1. The molecule has 1 aliphatic heterocycles.